The number of aromatic nitrogens is 1. The van der Waals surface area contributed by atoms with E-state index in [0.29, 0.717) is 0 Å². The van der Waals surface area contributed by atoms with Crippen LogP contribution in [-0.2, 0) is 0 Å². The molecule has 6 nitrogen and oxygen atoms in total. The van der Waals surface area contributed by atoms with Crippen LogP contribution in [0.4, 0.5) is 5.82 Å². The lowest BCUT2D eigenvalue weighted by Crippen LogP contribution is -2.53. The van der Waals surface area contributed by atoms with Crippen LogP contribution >= 0.6 is 15.9 Å². The molecule has 1 atom stereocenters. The lowest BCUT2D eigenvalue weighted by molar-refractivity contribution is 0.230. The molecule has 1 aromatic rings. The van der Waals surface area contributed by atoms with Crippen molar-refractivity contribution in [3.8, 4) is 0 Å². The first-order valence-electron chi connectivity index (χ1n) is 6.61. The van der Waals surface area contributed by atoms with Gasteiger partial charge >= 0.3 is 0 Å². The van der Waals surface area contributed by atoms with Crippen LogP contribution in [0, 0.1) is 6.92 Å². The van der Waals surface area contributed by atoms with E-state index in [9.17, 15) is 0 Å². The number of hydrogen-bond donors (Lipinski definition) is 2. The third kappa shape index (κ3) is 3.21. The molecule has 1 saturated heterocycles. The number of halogens is 1. The quantitative estimate of drug-likeness (QED) is 0.376. The van der Waals surface area contributed by atoms with Crippen molar-refractivity contribution < 1.29 is 5.21 Å². The maximum atomic E-state index is 8.73. The maximum Gasteiger partial charge on any atom is 0.156 e. The van der Waals surface area contributed by atoms with Gasteiger partial charge in [-0.25, -0.2) is 4.98 Å². The van der Waals surface area contributed by atoms with Crippen molar-refractivity contribution in [2.75, 3.05) is 31.1 Å². The minimum absolute atomic E-state index is 0.0400. The van der Waals surface area contributed by atoms with Gasteiger partial charge in [0.2, 0.25) is 0 Å². The molecular formula is C13H20BrN5O. The fourth-order valence-corrected chi connectivity index (χ4v) is 2.52. The summed E-state index contributed by atoms with van der Waals surface area (Å²) in [5.41, 5.74) is 6.84. The zero-order valence-corrected chi connectivity index (χ0v) is 13.3. The highest BCUT2D eigenvalue weighted by atomic mass is 79.9. The summed E-state index contributed by atoms with van der Waals surface area (Å²) >= 11 is 3.47. The molecule has 1 unspecified atom stereocenters. The fourth-order valence-electron chi connectivity index (χ4n) is 2.31. The summed E-state index contributed by atoms with van der Waals surface area (Å²) in [6.07, 6.45) is 1.84. The van der Waals surface area contributed by atoms with E-state index < -0.39 is 0 Å². The number of oxime groups is 1. The predicted octanol–water partition coefficient (Wildman–Crippen LogP) is 1.41. The highest BCUT2D eigenvalue weighted by molar-refractivity contribution is 9.10. The number of anilines is 1. The number of rotatable bonds is 3. The molecule has 0 bridgehead atoms. The van der Waals surface area contributed by atoms with Crippen LogP contribution in [0.2, 0.25) is 0 Å². The van der Waals surface area contributed by atoms with Gasteiger partial charge in [-0.2, -0.15) is 0 Å². The molecule has 20 heavy (non-hydrogen) atoms. The summed E-state index contributed by atoms with van der Waals surface area (Å²) in [4.78, 5) is 8.92. The minimum Gasteiger partial charge on any atom is -0.409 e. The number of piperazine rings is 1. The van der Waals surface area contributed by atoms with Crippen molar-refractivity contribution in [1.29, 1.82) is 0 Å². The van der Waals surface area contributed by atoms with Gasteiger partial charge in [0.05, 0.1) is 6.04 Å². The van der Waals surface area contributed by atoms with E-state index in [1.54, 1.807) is 0 Å². The zero-order valence-electron chi connectivity index (χ0n) is 11.8. The molecule has 2 heterocycles. The number of amidine groups is 1. The van der Waals surface area contributed by atoms with E-state index in [1.165, 1.54) is 5.56 Å². The van der Waals surface area contributed by atoms with Crippen molar-refractivity contribution in [3.63, 3.8) is 0 Å². The summed E-state index contributed by atoms with van der Waals surface area (Å²) < 4.78 is 1.03. The van der Waals surface area contributed by atoms with Gasteiger partial charge in [-0.15, -0.1) is 0 Å². The molecule has 0 radical (unpaired) electrons. The van der Waals surface area contributed by atoms with E-state index >= 15 is 0 Å². The molecule has 1 aromatic heterocycles. The van der Waals surface area contributed by atoms with Gasteiger partial charge in [-0.05, 0) is 41.4 Å². The van der Waals surface area contributed by atoms with Crippen LogP contribution in [0.5, 0.6) is 0 Å². The van der Waals surface area contributed by atoms with Crippen LogP contribution in [0.15, 0.2) is 21.9 Å². The van der Waals surface area contributed by atoms with Gasteiger partial charge in [-0.1, -0.05) is 5.16 Å². The Balaban J connectivity index is 1.99. The molecule has 110 valence electrons. The second-order valence-electron chi connectivity index (χ2n) is 5.02. The largest absolute Gasteiger partial charge is 0.409 e. The standard InChI is InChI=1S/C13H20BrN5O/c1-9-7-12(16-8-11(9)14)19-5-3-18(4-6-19)10(2)13(15)17-20/h7-8,10,20H,3-6H2,1-2H3,(H2,15,17). The summed E-state index contributed by atoms with van der Waals surface area (Å²) in [5, 5.41) is 11.8. The molecule has 1 fully saturated rings. The highest BCUT2D eigenvalue weighted by Gasteiger charge is 2.24. The van der Waals surface area contributed by atoms with Crippen molar-refractivity contribution in [3.05, 3.63) is 22.3 Å². The average Bonchev–Trinajstić information content (AvgIpc) is 2.48. The number of aryl methyl sites for hydroxylation is 1. The first-order valence-corrected chi connectivity index (χ1v) is 7.40. The van der Waals surface area contributed by atoms with E-state index in [2.05, 4.69) is 48.9 Å². The normalized spacial score (nSPS) is 19.1. The Bertz CT molecular complexity index is 500. The van der Waals surface area contributed by atoms with E-state index in [0.717, 1.165) is 36.5 Å². The van der Waals surface area contributed by atoms with Gasteiger partial charge in [0, 0.05) is 36.8 Å². The van der Waals surface area contributed by atoms with E-state index in [-0.39, 0.29) is 11.9 Å². The lowest BCUT2D eigenvalue weighted by Gasteiger charge is -2.38. The molecule has 0 saturated carbocycles. The van der Waals surface area contributed by atoms with Gasteiger partial charge in [0.15, 0.2) is 5.84 Å². The lowest BCUT2D eigenvalue weighted by atomic mass is 10.2. The Labute approximate surface area is 127 Å². The Kier molecular flexibility index (Phi) is 4.82. The molecule has 7 heteroatoms. The van der Waals surface area contributed by atoms with Gasteiger partial charge in [0.25, 0.3) is 0 Å². The number of pyridine rings is 1. The zero-order chi connectivity index (χ0) is 14.7. The van der Waals surface area contributed by atoms with Gasteiger partial charge in [0.1, 0.15) is 5.82 Å². The van der Waals surface area contributed by atoms with Crippen LogP contribution in [0.25, 0.3) is 0 Å². The molecular weight excluding hydrogens is 322 g/mol. The first kappa shape index (κ1) is 15.1. The van der Waals surface area contributed by atoms with Crippen LogP contribution < -0.4 is 10.6 Å². The fraction of sp³-hybridized carbons (Fsp3) is 0.538. The molecule has 3 N–H and O–H groups in total. The molecule has 1 aliphatic heterocycles. The molecule has 0 amide bonds. The second kappa shape index (κ2) is 6.41. The third-order valence-electron chi connectivity index (χ3n) is 3.76. The second-order valence-corrected chi connectivity index (χ2v) is 5.87. The smallest absolute Gasteiger partial charge is 0.156 e. The monoisotopic (exact) mass is 341 g/mol. The highest BCUT2D eigenvalue weighted by Crippen LogP contribution is 2.21. The molecule has 0 spiro atoms. The van der Waals surface area contributed by atoms with Crippen LogP contribution in [0.3, 0.4) is 0 Å². The summed E-state index contributed by atoms with van der Waals surface area (Å²) in [6, 6.07) is 2.05. The Hall–Kier alpha value is -1.34. The maximum absolute atomic E-state index is 8.73. The molecule has 0 aromatic carbocycles. The molecule has 1 aliphatic rings. The van der Waals surface area contributed by atoms with Crippen LogP contribution in [0.1, 0.15) is 12.5 Å². The van der Waals surface area contributed by atoms with Gasteiger partial charge < -0.3 is 15.8 Å². The SMILES string of the molecule is Cc1cc(N2CCN(C(C)/C(N)=N/O)CC2)ncc1Br. The van der Waals surface area contributed by atoms with Gasteiger partial charge in [-0.3, -0.25) is 4.90 Å². The summed E-state index contributed by atoms with van der Waals surface area (Å²) in [6.45, 7) is 7.52. The van der Waals surface area contributed by atoms with Crippen LogP contribution in [-0.4, -0.2) is 53.1 Å². The third-order valence-corrected chi connectivity index (χ3v) is 4.59. The van der Waals surface area contributed by atoms with Crippen molar-refractivity contribution >= 4 is 27.6 Å². The Morgan fingerprint density at radius 3 is 2.65 bits per heavy atom. The summed E-state index contributed by atoms with van der Waals surface area (Å²) in [7, 11) is 0. The number of nitrogens with zero attached hydrogens (tertiary/aromatic N) is 4. The first-order chi connectivity index (χ1) is 9.52. The van der Waals surface area contributed by atoms with Crippen molar-refractivity contribution in [2.24, 2.45) is 10.9 Å². The average molecular weight is 342 g/mol. The molecule has 2 rings (SSSR count). The Morgan fingerprint density at radius 2 is 2.10 bits per heavy atom. The van der Waals surface area contributed by atoms with Crippen molar-refractivity contribution in [1.82, 2.24) is 9.88 Å². The van der Waals surface area contributed by atoms with Crippen molar-refractivity contribution in [2.45, 2.75) is 19.9 Å². The van der Waals surface area contributed by atoms with E-state index in [4.69, 9.17) is 10.9 Å². The Morgan fingerprint density at radius 1 is 1.45 bits per heavy atom. The topological polar surface area (TPSA) is 78.0 Å². The minimum atomic E-state index is -0.0400. The number of hydrogen-bond acceptors (Lipinski definition) is 5. The summed E-state index contributed by atoms with van der Waals surface area (Å²) in [5.74, 6) is 1.26. The van der Waals surface area contributed by atoms with E-state index in [1.807, 2.05) is 13.1 Å². The predicted molar refractivity (Wildman–Crippen MR) is 83.3 cm³/mol. The number of nitrogens with two attached hydrogens (primary N) is 1. The molecule has 0 aliphatic carbocycles.